The lowest BCUT2D eigenvalue weighted by atomic mass is 9.96. The fourth-order valence-corrected chi connectivity index (χ4v) is 2.78. The topological polar surface area (TPSA) is 67.4 Å². The summed E-state index contributed by atoms with van der Waals surface area (Å²) in [4.78, 5) is 24.4. The van der Waals surface area contributed by atoms with E-state index in [1.165, 1.54) is 12.1 Å². The highest BCUT2D eigenvalue weighted by Crippen LogP contribution is 2.22. The van der Waals surface area contributed by atoms with E-state index in [1.807, 2.05) is 13.8 Å². The van der Waals surface area contributed by atoms with Gasteiger partial charge >= 0.3 is 5.97 Å². The molecule has 2 N–H and O–H groups in total. The van der Waals surface area contributed by atoms with Gasteiger partial charge in [0.15, 0.2) is 0 Å². The molecule has 0 aliphatic carbocycles. The zero-order valence-corrected chi connectivity index (χ0v) is 15.8. The van der Waals surface area contributed by atoms with Gasteiger partial charge in [0, 0.05) is 6.04 Å². The van der Waals surface area contributed by atoms with Crippen LogP contribution in [-0.2, 0) is 9.53 Å². The Kier molecular flexibility index (Phi) is 7.49. The number of amides is 1. The fraction of sp³-hybridized carbons (Fsp3) is 0.333. The van der Waals surface area contributed by atoms with Crippen LogP contribution in [0.3, 0.4) is 0 Å². The van der Waals surface area contributed by atoms with Gasteiger partial charge in [-0.3, -0.25) is 4.79 Å². The summed E-state index contributed by atoms with van der Waals surface area (Å²) >= 11 is 0. The maximum absolute atomic E-state index is 13.1. The van der Waals surface area contributed by atoms with Crippen LogP contribution in [0.15, 0.2) is 48.5 Å². The molecule has 0 aromatic heterocycles. The Morgan fingerprint density at radius 2 is 1.74 bits per heavy atom. The van der Waals surface area contributed by atoms with Gasteiger partial charge in [-0.25, -0.2) is 9.18 Å². The standard InChI is InChI=1S/C21H25FN2O3/c1-4-27-21(26)17-7-5-6-8-18(17)24-19(25)13-23-20(14(2)3)15-9-11-16(22)12-10-15/h5-12,14,20,23H,4,13H2,1-3H3,(H,24,25)/t20-/m0/s1. The van der Waals surface area contributed by atoms with Gasteiger partial charge in [0.2, 0.25) is 5.91 Å². The number of hydrogen-bond donors (Lipinski definition) is 2. The Hall–Kier alpha value is -2.73. The molecule has 1 amide bonds. The molecule has 5 nitrogen and oxygen atoms in total. The summed E-state index contributed by atoms with van der Waals surface area (Å²) in [6, 6.07) is 12.8. The van der Waals surface area contributed by atoms with Crippen LogP contribution in [-0.4, -0.2) is 25.0 Å². The third-order valence-corrected chi connectivity index (χ3v) is 4.07. The predicted octanol–water partition coefficient (Wildman–Crippen LogP) is 3.93. The normalized spacial score (nSPS) is 11.9. The van der Waals surface area contributed by atoms with Crippen LogP contribution in [0.1, 0.15) is 42.7 Å². The third-order valence-electron chi connectivity index (χ3n) is 4.07. The first-order chi connectivity index (χ1) is 12.9. The second-order valence-corrected chi connectivity index (χ2v) is 6.47. The van der Waals surface area contributed by atoms with E-state index in [-0.39, 0.29) is 36.8 Å². The molecule has 0 saturated heterocycles. The molecule has 0 aliphatic heterocycles. The number of carbonyl (C=O) groups excluding carboxylic acids is 2. The van der Waals surface area contributed by atoms with Gasteiger partial charge in [-0.05, 0) is 42.7 Å². The van der Waals surface area contributed by atoms with Gasteiger partial charge in [-0.1, -0.05) is 38.1 Å². The lowest BCUT2D eigenvalue weighted by Gasteiger charge is -2.23. The van der Waals surface area contributed by atoms with Gasteiger partial charge in [0.1, 0.15) is 5.82 Å². The van der Waals surface area contributed by atoms with Crippen molar-refractivity contribution in [3.63, 3.8) is 0 Å². The molecule has 0 saturated carbocycles. The molecule has 0 heterocycles. The van der Waals surface area contributed by atoms with Crippen molar-refractivity contribution in [1.82, 2.24) is 5.32 Å². The second-order valence-electron chi connectivity index (χ2n) is 6.47. The van der Waals surface area contributed by atoms with E-state index in [0.717, 1.165) is 5.56 Å². The first-order valence-electron chi connectivity index (χ1n) is 8.97. The minimum Gasteiger partial charge on any atom is -0.462 e. The summed E-state index contributed by atoms with van der Waals surface area (Å²) in [5.41, 5.74) is 1.63. The average molecular weight is 372 g/mol. The van der Waals surface area contributed by atoms with E-state index >= 15 is 0 Å². The molecule has 2 rings (SSSR count). The Morgan fingerprint density at radius 1 is 1.07 bits per heavy atom. The Balaban J connectivity index is 2.03. The number of benzene rings is 2. The number of halogens is 1. The number of rotatable bonds is 8. The minimum atomic E-state index is -0.479. The summed E-state index contributed by atoms with van der Waals surface area (Å²) in [5.74, 6) is -0.850. The first kappa shape index (κ1) is 20.6. The van der Waals surface area contributed by atoms with Crippen molar-refractivity contribution in [2.75, 3.05) is 18.5 Å². The van der Waals surface area contributed by atoms with Crippen molar-refractivity contribution in [2.24, 2.45) is 5.92 Å². The number of para-hydroxylation sites is 1. The highest BCUT2D eigenvalue weighted by Gasteiger charge is 2.18. The number of carbonyl (C=O) groups is 2. The first-order valence-corrected chi connectivity index (χ1v) is 8.97. The van der Waals surface area contributed by atoms with Crippen LogP contribution in [0.2, 0.25) is 0 Å². The zero-order chi connectivity index (χ0) is 19.8. The molecule has 0 bridgehead atoms. The summed E-state index contributed by atoms with van der Waals surface area (Å²) in [6.45, 7) is 6.09. The number of nitrogens with one attached hydrogen (secondary N) is 2. The van der Waals surface area contributed by atoms with Crippen LogP contribution in [0.25, 0.3) is 0 Å². The van der Waals surface area contributed by atoms with E-state index in [0.29, 0.717) is 11.3 Å². The van der Waals surface area contributed by atoms with Crippen molar-refractivity contribution in [3.05, 3.63) is 65.5 Å². The third kappa shape index (κ3) is 5.89. The van der Waals surface area contributed by atoms with Gasteiger partial charge in [-0.2, -0.15) is 0 Å². The maximum Gasteiger partial charge on any atom is 0.340 e. The maximum atomic E-state index is 13.1. The molecule has 2 aromatic rings. The fourth-order valence-electron chi connectivity index (χ4n) is 2.78. The summed E-state index contributed by atoms with van der Waals surface area (Å²) in [5, 5.41) is 5.94. The average Bonchev–Trinajstić information content (AvgIpc) is 2.63. The van der Waals surface area contributed by atoms with Crippen LogP contribution in [0.4, 0.5) is 10.1 Å². The SMILES string of the molecule is CCOC(=O)c1ccccc1NC(=O)CN[C@H](c1ccc(F)cc1)C(C)C. The van der Waals surface area contributed by atoms with E-state index in [9.17, 15) is 14.0 Å². The molecular formula is C21H25FN2O3. The molecule has 1 atom stereocenters. The molecule has 2 aromatic carbocycles. The molecule has 0 aliphatic rings. The van der Waals surface area contributed by atoms with Crippen molar-refractivity contribution in [2.45, 2.75) is 26.8 Å². The summed E-state index contributed by atoms with van der Waals surface area (Å²) in [6.07, 6.45) is 0. The molecule has 0 radical (unpaired) electrons. The van der Waals surface area contributed by atoms with Crippen molar-refractivity contribution in [3.8, 4) is 0 Å². The minimum absolute atomic E-state index is 0.0530. The molecule has 27 heavy (non-hydrogen) atoms. The van der Waals surface area contributed by atoms with Crippen molar-refractivity contribution >= 4 is 17.6 Å². The molecule has 0 spiro atoms. The van der Waals surface area contributed by atoms with Gasteiger partial charge < -0.3 is 15.4 Å². The molecule has 0 fully saturated rings. The Labute approximate surface area is 158 Å². The number of ether oxygens (including phenoxy) is 1. The molecule has 0 unspecified atom stereocenters. The number of esters is 1. The van der Waals surface area contributed by atoms with Gasteiger partial charge in [-0.15, -0.1) is 0 Å². The highest BCUT2D eigenvalue weighted by atomic mass is 19.1. The molecule has 6 heteroatoms. The van der Waals surface area contributed by atoms with E-state index < -0.39 is 5.97 Å². The van der Waals surface area contributed by atoms with E-state index in [4.69, 9.17) is 4.74 Å². The van der Waals surface area contributed by atoms with E-state index in [2.05, 4.69) is 10.6 Å². The van der Waals surface area contributed by atoms with Crippen LogP contribution in [0, 0.1) is 11.7 Å². The summed E-state index contributed by atoms with van der Waals surface area (Å²) < 4.78 is 18.2. The van der Waals surface area contributed by atoms with Crippen molar-refractivity contribution < 1.29 is 18.7 Å². The Bertz CT molecular complexity index is 775. The molecule has 144 valence electrons. The van der Waals surface area contributed by atoms with Crippen molar-refractivity contribution in [1.29, 1.82) is 0 Å². The zero-order valence-electron chi connectivity index (χ0n) is 15.8. The quantitative estimate of drug-likeness (QED) is 0.689. The van der Waals surface area contributed by atoms with Crippen LogP contribution in [0.5, 0.6) is 0 Å². The van der Waals surface area contributed by atoms with Gasteiger partial charge in [0.25, 0.3) is 0 Å². The number of anilines is 1. The monoisotopic (exact) mass is 372 g/mol. The highest BCUT2D eigenvalue weighted by molar-refractivity contribution is 6.01. The molecular weight excluding hydrogens is 347 g/mol. The van der Waals surface area contributed by atoms with Crippen LogP contribution >= 0.6 is 0 Å². The van der Waals surface area contributed by atoms with Crippen LogP contribution < -0.4 is 10.6 Å². The lowest BCUT2D eigenvalue weighted by Crippen LogP contribution is -2.34. The Morgan fingerprint density at radius 3 is 2.37 bits per heavy atom. The predicted molar refractivity (Wildman–Crippen MR) is 103 cm³/mol. The van der Waals surface area contributed by atoms with Gasteiger partial charge in [0.05, 0.1) is 24.4 Å². The largest absolute Gasteiger partial charge is 0.462 e. The second kappa shape index (κ2) is 9.83. The van der Waals surface area contributed by atoms with E-state index in [1.54, 1.807) is 43.3 Å². The summed E-state index contributed by atoms with van der Waals surface area (Å²) in [7, 11) is 0. The smallest absolute Gasteiger partial charge is 0.340 e. The lowest BCUT2D eigenvalue weighted by molar-refractivity contribution is -0.115. The number of hydrogen-bond acceptors (Lipinski definition) is 4.